The summed E-state index contributed by atoms with van der Waals surface area (Å²) in [7, 11) is 0. The number of rotatable bonds is 0. The number of H-pyrrole nitrogens is 1. The summed E-state index contributed by atoms with van der Waals surface area (Å²) >= 11 is 0. The Balaban J connectivity index is 2.92. The molecule has 1 heterocycles. The van der Waals surface area contributed by atoms with Gasteiger partial charge in [-0.05, 0) is 19.1 Å². The third-order valence-electron chi connectivity index (χ3n) is 2.05. The minimum absolute atomic E-state index is 0.110. The van der Waals surface area contributed by atoms with Crippen molar-refractivity contribution in [1.82, 2.24) is 4.98 Å². The van der Waals surface area contributed by atoms with Crippen LogP contribution in [-0.2, 0) is 0 Å². The lowest BCUT2D eigenvalue weighted by Crippen LogP contribution is -1.90. The minimum atomic E-state index is -1.10. The first-order chi connectivity index (χ1) is 6.63. The van der Waals surface area contributed by atoms with Gasteiger partial charge in [-0.15, -0.1) is 0 Å². The highest BCUT2D eigenvalue weighted by Crippen LogP contribution is 2.23. The summed E-state index contributed by atoms with van der Waals surface area (Å²) in [6, 6.07) is 4.60. The van der Waals surface area contributed by atoms with Crippen LogP contribution in [0.25, 0.3) is 10.9 Å². The van der Waals surface area contributed by atoms with Crippen molar-refractivity contribution in [3.05, 3.63) is 35.0 Å². The predicted molar refractivity (Wildman–Crippen MR) is 47.7 cm³/mol. The van der Waals surface area contributed by atoms with Crippen molar-refractivity contribution < 1.29 is 8.78 Å². The molecule has 0 aliphatic rings. The van der Waals surface area contributed by atoms with Gasteiger partial charge in [-0.3, -0.25) is 0 Å². The highest BCUT2D eigenvalue weighted by Gasteiger charge is 2.14. The Bertz CT molecular complexity index is 549. The fourth-order valence-electron chi connectivity index (χ4n) is 1.43. The van der Waals surface area contributed by atoms with Crippen LogP contribution in [0.2, 0.25) is 0 Å². The molecule has 0 amide bonds. The molecule has 0 unspecified atom stereocenters. The summed E-state index contributed by atoms with van der Waals surface area (Å²) in [5.41, 5.74) is 0.571. The van der Waals surface area contributed by atoms with Gasteiger partial charge in [0.1, 0.15) is 6.07 Å². The molecule has 0 radical (unpaired) electrons. The van der Waals surface area contributed by atoms with Gasteiger partial charge in [0.25, 0.3) is 0 Å². The molecular weight excluding hydrogens is 186 g/mol. The molecule has 0 atom stereocenters. The second-order valence-electron chi connectivity index (χ2n) is 3.08. The molecule has 0 aliphatic heterocycles. The van der Waals surface area contributed by atoms with Gasteiger partial charge in [0.05, 0.1) is 11.1 Å². The van der Waals surface area contributed by atoms with Crippen LogP contribution < -0.4 is 0 Å². The lowest BCUT2D eigenvalue weighted by molar-refractivity contribution is 0.513. The van der Waals surface area contributed by atoms with Gasteiger partial charge in [-0.2, -0.15) is 5.26 Å². The Kier molecular flexibility index (Phi) is 1.74. The molecule has 14 heavy (non-hydrogen) atoms. The highest BCUT2D eigenvalue weighted by molar-refractivity contribution is 5.82. The number of aryl methyl sites for hydroxylation is 1. The number of halogens is 2. The molecule has 0 spiro atoms. The molecule has 0 bridgehead atoms. The number of fused-ring (bicyclic) bond motifs is 1. The number of hydrogen-bond acceptors (Lipinski definition) is 1. The number of aromatic amines is 1. The van der Waals surface area contributed by atoms with E-state index in [9.17, 15) is 8.78 Å². The summed E-state index contributed by atoms with van der Waals surface area (Å²) in [4.78, 5) is 2.69. The fourth-order valence-corrected chi connectivity index (χ4v) is 1.43. The Hall–Kier alpha value is -1.89. The number of benzene rings is 1. The predicted octanol–water partition coefficient (Wildman–Crippen LogP) is 2.63. The fraction of sp³-hybridized carbons (Fsp3) is 0.100. The second-order valence-corrected chi connectivity index (χ2v) is 3.08. The van der Waals surface area contributed by atoms with Gasteiger partial charge in [-0.1, -0.05) is 0 Å². The molecule has 2 aromatic rings. The van der Waals surface area contributed by atoms with E-state index in [0.717, 1.165) is 5.69 Å². The van der Waals surface area contributed by atoms with E-state index in [1.165, 1.54) is 6.07 Å². The quantitative estimate of drug-likeness (QED) is 0.684. The maximum absolute atomic E-state index is 13.3. The van der Waals surface area contributed by atoms with Gasteiger partial charge >= 0.3 is 0 Å². The largest absolute Gasteiger partial charge is 0.356 e. The Labute approximate surface area is 78.8 Å². The normalized spacial score (nSPS) is 10.4. The molecule has 0 fully saturated rings. The zero-order valence-corrected chi connectivity index (χ0v) is 7.36. The van der Waals surface area contributed by atoms with Crippen molar-refractivity contribution in [2.75, 3.05) is 0 Å². The first-order valence-electron chi connectivity index (χ1n) is 4.01. The lowest BCUT2D eigenvalue weighted by Gasteiger charge is -1.96. The summed E-state index contributed by atoms with van der Waals surface area (Å²) in [5.74, 6) is -2.09. The van der Waals surface area contributed by atoms with Crippen molar-refractivity contribution in [1.29, 1.82) is 5.26 Å². The molecule has 1 aromatic carbocycles. The molecule has 0 saturated heterocycles. The van der Waals surface area contributed by atoms with E-state index in [1.807, 2.05) is 0 Å². The standard InChI is InChI=1S/C10H6F2N2/c1-5-2-6-3-7(4-13)8(11)9(12)10(6)14-5/h2-3,14H,1H3. The van der Waals surface area contributed by atoms with Crippen molar-refractivity contribution in [2.45, 2.75) is 6.92 Å². The lowest BCUT2D eigenvalue weighted by atomic mass is 10.1. The van der Waals surface area contributed by atoms with Crippen LogP contribution in [0.15, 0.2) is 12.1 Å². The van der Waals surface area contributed by atoms with Crippen molar-refractivity contribution in [2.24, 2.45) is 0 Å². The van der Waals surface area contributed by atoms with E-state index in [4.69, 9.17) is 5.26 Å². The van der Waals surface area contributed by atoms with E-state index in [2.05, 4.69) is 4.98 Å². The summed E-state index contributed by atoms with van der Waals surface area (Å²) < 4.78 is 26.4. The number of nitriles is 1. The molecule has 4 heteroatoms. The molecule has 2 nitrogen and oxygen atoms in total. The molecule has 70 valence electrons. The van der Waals surface area contributed by atoms with Crippen molar-refractivity contribution in [3.8, 4) is 6.07 Å². The van der Waals surface area contributed by atoms with E-state index in [-0.39, 0.29) is 11.1 Å². The average Bonchev–Trinajstić information content (AvgIpc) is 2.52. The van der Waals surface area contributed by atoms with Crippen LogP contribution in [0.3, 0.4) is 0 Å². The van der Waals surface area contributed by atoms with E-state index in [1.54, 1.807) is 19.1 Å². The molecular formula is C10H6F2N2. The van der Waals surface area contributed by atoms with Crippen molar-refractivity contribution >= 4 is 10.9 Å². The zero-order valence-electron chi connectivity index (χ0n) is 7.36. The Morgan fingerprint density at radius 2 is 2.00 bits per heavy atom. The summed E-state index contributed by atoms with van der Waals surface area (Å²) in [6.07, 6.45) is 0. The van der Waals surface area contributed by atoms with Crippen LogP contribution in [0.5, 0.6) is 0 Å². The monoisotopic (exact) mass is 192 g/mol. The van der Waals surface area contributed by atoms with Gasteiger partial charge < -0.3 is 4.98 Å². The molecule has 0 saturated carbocycles. The third kappa shape index (κ3) is 1.06. The van der Waals surface area contributed by atoms with Crippen LogP contribution in [0, 0.1) is 29.9 Å². The average molecular weight is 192 g/mol. The van der Waals surface area contributed by atoms with Gasteiger partial charge in [0, 0.05) is 11.1 Å². The maximum Gasteiger partial charge on any atom is 0.184 e. The van der Waals surface area contributed by atoms with Crippen molar-refractivity contribution in [3.63, 3.8) is 0 Å². The summed E-state index contributed by atoms with van der Waals surface area (Å²) in [5, 5.41) is 9.05. The first kappa shape index (κ1) is 8.70. The number of nitrogens with one attached hydrogen (secondary N) is 1. The number of aromatic nitrogens is 1. The van der Waals surface area contributed by atoms with Crippen LogP contribution in [0.1, 0.15) is 11.3 Å². The smallest absolute Gasteiger partial charge is 0.184 e. The van der Waals surface area contributed by atoms with Crippen LogP contribution in [0.4, 0.5) is 8.78 Å². The zero-order chi connectivity index (χ0) is 10.3. The summed E-state index contributed by atoms with van der Waals surface area (Å²) in [6.45, 7) is 1.74. The minimum Gasteiger partial charge on any atom is -0.356 e. The van der Waals surface area contributed by atoms with Gasteiger partial charge in [-0.25, -0.2) is 8.78 Å². The van der Waals surface area contributed by atoms with E-state index >= 15 is 0 Å². The Morgan fingerprint density at radius 3 is 2.64 bits per heavy atom. The van der Waals surface area contributed by atoms with Gasteiger partial charge in [0.15, 0.2) is 11.6 Å². The molecule has 0 aliphatic carbocycles. The topological polar surface area (TPSA) is 39.6 Å². The molecule has 1 aromatic heterocycles. The van der Waals surface area contributed by atoms with Gasteiger partial charge in [0.2, 0.25) is 0 Å². The van der Waals surface area contributed by atoms with Crippen LogP contribution in [-0.4, -0.2) is 4.98 Å². The molecule has 2 rings (SSSR count). The van der Waals surface area contributed by atoms with Crippen LogP contribution >= 0.6 is 0 Å². The highest BCUT2D eigenvalue weighted by atomic mass is 19.2. The second kappa shape index (κ2) is 2.81. The third-order valence-corrected chi connectivity index (χ3v) is 2.05. The Morgan fingerprint density at radius 1 is 1.29 bits per heavy atom. The SMILES string of the molecule is Cc1cc2cc(C#N)c(F)c(F)c2[nH]1. The molecule has 1 N–H and O–H groups in total. The van der Waals surface area contributed by atoms with E-state index in [0.29, 0.717) is 5.39 Å². The first-order valence-corrected chi connectivity index (χ1v) is 4.01. The maximum atomic E-state index is 13.3. The number of hydrogen-bond donors (Lipinski definition) is 1. The van der Waals surface area contributed by atoms with E-state index < -0.39 is 11.6 Å². The number of nitrogens with zero attached hydrogens (tertiary/aromatic N) is 1.